The molecule has 0 radical (unpaired) electrons. The maximum Gasteiger partial charge on any atom is 0.191 e. The third-order valence-corrected chi connectivity index (χ3v) is 5.15. The largest absolute Gasteiger partial charge is 0.379 e. The van der Waals surface area contributed by atoms with Gasteiger partial charge in [0.15, 0.2) is 5.16 Å². The molecular weight excluding hydrogens is 320 g/mol. The van der Waals surface area contributed by atoms with E-state index in [2.05, 4.69) is 19.7 Å². The molecule has 3 rings (SSSR count). The summed E-state index contributed by atoms with van der Waals surface area (Å²) in [6.45, 7) is 4.32. The van der Waals surface area contributed by atoms with Crippen LogP contribution in [0.15, 0.2) is 29.4 Å². The van der Waals surface area contributed by atoms with Crippen molar-refractivity contribution in [2.45, 2.75) is 17.5 Å². The van der Waals surface area contributed by atoms with Crippen LogP contribution in [0.25, 0.3) is 0 Å². The van der Waals surface area contributed by atoms with Gasteiger partial charge in [0.05, 0.1) is 19.8 Å². The second kappa shape index (κ2) is 7.46. The van der Waals surface area contributed by atoms with E-state index < -0.39 is 0 Å². The van der Waals surface area contributed by atoms with Crippen LogP contribution in [0.5, 0.6) is 0 Å². The molecule has 0 saturated carbocycles. The Kier molecular flexibility index (Phi) is 5.36. The first-order chi connectivity index (χ1) is 10.7. The molecule has 0 atom stereocenters. The molecule has 0 amide bonds. The van der Waals surface area contributed by atoms with Gasteiger partial charge in [0.2, 0.25) is 0 Å². The van der Waals surface area contributed by atoms with Crippen LogP contribution in [-0.4, -0.2) is 46.0 Å². The lowest BCUT2D eigenvalue weighted by Gasteiger charge is -2.25. The zero-order valence-corrected chi connectivity index (χ0v) is 14.1. The molecule has 7 heteroatoms. The number of morpholine rings is 1. The molecule has 1 aromatic carbocycles. The summed E-state index contributed by atoms with van der Waals surface area (Å²) in [7, 11) is 2.02. The van der Waals surface area contributed by atoms with Gasteiger partial charge in [-0.15, -0.1) is 10.2 Å². The SMILES string of the molecule is Cn1c(CN2CCOCC2)nnc1SCc1ccccc1Cl. The highest BCUT2D eigenvalue weighted by atomic mass is 35.5. The molecule has 0 bridgehead atoms. The second-order valence-corrected chi connectivity index (χ2v) is 6.58. The molecule has 22 heavy (non-hydrogen) atoms. The van der Waals surface area contributed by atoms with Gasteiger partial charge in [0.1, 0.15) is 5.82 Å². The predicted octanol–water partition coefficient (Wildman–Crippen LogP) is 2.59. The van der Waals surface area contributed by atoms with E-state index in [1.165, 1.54) is 0 Å². The fourth-order valence-corrected chi connectivity index (χ4v) is 3.54. The fraction of sp³-hybridized carbons (Fsp3) is 0.467. The predicted molar refractivity (Wildman–Crippen MR) is 88.1 cm³/mol. The van der Waals surface area contributed by atoms with E-state index in [0.717, 1.165) is 60.2 Å². The van der Waals surface area contributed by atoms with Crippen molar-refractivity contribution in [2.75, 3.05) is 26.3 Å². The van der Waals surface area contributed by atoms with E-state index in [4.69, 9.17) is 16.3 Å². The fourth-order valence-electron chi connectivity index (χ4n) is 2.33. The normalized spacial score (nSPS) is 16.1. The van der Waals surface area contributed by atoms with Gasteiger partial charge in [-0.1, -0.05) is 41.6 Å². The van der Waals surface area contributed by atoms with Crippen molar-refractivity contribution in [1.29, 1.82) is 0 Å². The summed E-state index contributed by atoms with van der Waals surface area (Å²) < 4.78 is 7.44. The van der Waals surface area contributed by atoms with Gasteiger partial charge in [-0.3, -0.25) is 4.90 Å². The molecule has 0 unspecified atom stereocenters. The minimum absolute atomic E-state index is 0.795. The second-order valence-electron chi connectivity index (χ2n) is 5.23. The number of halogens is 1. The van der Waals surface area contributed by atoms with Crippen molar-refractivity contribution in [3.8, 4) is 0 Å². The number of ether oxygens (including phenoxy) is 1. The molecule has 1 aliphatic rings. The highest BCUT2D eigenvalue weighted by Crippen LogP contribution is 2.25. The van der Waals surface area contributed by atoms with E-state index in [-0.39, 0.29) is 0 Å². The van der Waals surface area contributed by atoms with Crippen LogP contribution < -0.4 is 0 Å². The average molecular weight is 339 g/mol. The number of hydrogen-bond donors (Lipinski definition) is 0. The Morgan fingerprint density at radius 3 is 2.77 bits per heavy atom. The van der Waals surface area contributed by atoms with Crippen LogP contribution in [0.4, 0.5) is 0 Å². The number of nitrogens with zero attached hydrogens (tertiary/aromatic N) is 4. The molecule has 0 spiro atoms. The molecule has 2 aromatic rings. The minimum atomic E-state index is 0.795. The van der Waals surface area contributed by atoms with Gasteiger partial charge < -0.3 is 9.30 Å². The van der Waals surface area contributed by atoms with Gasteiger partial charge in [-0.25, -0.2) is 0 Å². The van der Waals surface area contributed by atoms with Gasteiger partial charge in [-0.2, -0.15) is 0 Å². The third-order valence-electron chi connectivity index (χ3n) is 3.71. The average Bonchev–Trinajstić information content (AvgIpc) is 2.88. The number of thioether (sulfide) groups is 1. The van der Waals surface area contributed by atoms with Crippen LogP contribution >= 0.6 is 23.4 Å². The van der Waals surface area contributed by atoms with Gasteiger partial charge >= 0.3 is 0 Å². The molecule has 1 fully saturated rings. The highest BCUT2D eigenvalue weighted by Gasteiger charge is 2.16. The van der Waals surface area contributed by atoms with Gasteiger partial charge in [-0.05, 0) is 11.6 Å². The zero-order valence-electron chi connectivity index (χ0n) is 12.5. The van der Waals surface area contributed by atoms with E-state index in [9.17, 15) is 0 Å². The van der Waals surface area contributed by atoms with E-state index in [1.54, 1.807) is 11.8 Å². The Balaban J connectivity index is 1.62. The summed E-state index contributed by atoms with van der Waals surface area (Å²) in [5, 5.41) is 10.3. The standard InChI is InChI=1S/C15H19ClN4OS/c1-19-14(10-20-6-8-21-9-7-20)17-18-15(19)22-11-12-4-2-3-5-13(12)16/h2-5H,6-11H2,1H3. The summed E-state index contributed by atoms with van der Waals surface area (Å²) in [4.78, 5) is 2.34. The number of hydrogen-bond acceptors (Lipinski definition) is 5. The summed E-state index contributed by atoms with van der Waals surface area (Å²) in [5.41, 5.74) is 1.12. The first kappa shape index (κ1) is 15.8. The van der Waals surface area contributed by atoms with Gasteiger partial charge in [0.25, 0.3) is 0 Å². The van der Waals surface area contributed by atoms with Crippen molar-refractivity contribution >= 4 is 23.4 Å². The number of rotatable bonds is 5. The van der Waals surface area contributed by atoms with E-state index in [0.29, 0.717) is 0 Å². The monoisotopic (exact) mass is 338 g/mol. The Bertz CT molecular complexity index is 628. The van der Waals surface area contributed by atoms with Crippen LogP contribution in [0, 0.1) is 0 Å². The van der Waals surface area contributed by atoms with Crippen molar-refractivity contribution in [3.05, 3.63) is 40.7 Å². The maximum absolute atomic E-state index is 6.19. The summed E-state index contributed by atoms with van der Waals surface area (Å²) in [5.74, 6) is 1.78. The van der Waals surface area contributed by atoms with Crippen LogP contribution in [0.2, 0.25) is 5.02 Å². The van der Waals surface area contributed by atoms with E-state index >= 15 is 0 Å². The lowest BCUT2D eigenvalue weighted by molar-refractivity contribution is 0.0326. The first-order valence-corrected chi connectivity index (χ1v) is 8.65. The van der Waals surface area contributed by atoms with Crippen molar-refractivity contribution < 1.29 is 4.74 Å². The van der Waals surface area contributed by atoms with Crippen molar-refractivity contribution in [1.82, 2.24) is 19.7 Å². The Labute approximate surface area is 139 Å². The van der Waals surface area contributed by atoms with Gasteiger partial charge in [0, 0.05) is 30.9 Å². The van der Waals surface area contributed by atoms with Crippen molar-refractivity contribution in [2.24, 2.45) is 7.05 Å². The summed E-state index contributed by atoms with van der Waals surface area (Å²) >= 11 is 7.85. The summed E-state index contributed by atoms with van der Waals surface area (Å²) in [6, 6.07) is 7.90. The molecular formula is C15H19ClN4OS. The molecule has 2 heterocycles. The Morgan fingerprint density at radius 2 is 2.00 bits per heavy atom. The molecule has 5 nitrogen and oxygen atoms in total. The maximum atomic E-state index is 6.19. The number of benzene rings is 1. The molecule has 118 valence electrons. The van der Waals surface area contributed by atoms with Crippen LogP contribution in [0.1, 0.15) is 11.4 Å². The molecule has 1 saturated heterocycles. The smallest absolute Gasteiger partial charge is 0.191 e. The minimum Gasteiger partial charge on any atom is -0.379 e. The molecule has 1 aliphatic heterocycles. The first-order valence-electron chi connectivity index (χ1n) is 7.28. The lowest BCUT2D eigenvalue weighted by Crippen LogP contribution is -2.36. The van der Waals surface area contributed by atoms with Crippen LogP contribution in [0.3, 0.4) is 0 Å². The molecule has 1 aromatic heterocycles. The van der Waals surface area contributed by atoms with E-state index in [1.807, 2.05) is 31.3 Å². The van der Waals surface area contributed by atoms with Crippen molar-refractivity contribution in [3.63, 3.8) is 0 Å². The number of aromatic nitrogens is 3. The molecule has 0 aliphatic carbocycles. The quantitative estimate of drug-likeness (QED) is 0.784. The topological polar surface area (TPSA) is 43.2 Å². The zero-order chi connectivity index (χ0) is 15.4. The van der Waals surface area contributed by atoms with Crippen LogP contribution in [-0.2, 0) is 24.1 Å². The summed E-state index contributed by atoms with van der Waals surface area (Å²) in [6.07, 6.45) is 0. The lowest BCUT2D eigenvalue weighted by atomic mass is 10.2. The third kappa shape index (κ3) is 3.81. The Hall–Kier alpha value is -1.08. The molecule has 0 N–H and O–H groups in total. The Morgan fingerprint density at radius 1 is 1.23 bits per heavy atom. The highest BCUT2D eigenvalue weighted by molar-refractivity contribution is 7.98.